The molecule has 1 aliphatic rings. The van der Waals surface area contributed by atoms with Gasteiger partial charge in [0.25, 0.3) is 5.91 Å². The summed E-state index contributed by atoms with van der Waals surface area (Å²) in [6.45, 7) is 0.856. The normalized spacial score (nSPS) is 17.8. The first-order valence-electron chi connectivity index (χ1n) is 10.4. The molecule has 1 saturated heterocycles. The predicted molar refractivity (Wildman–Crippen MR) is 118 cm³/mol. The van der Waals surface area contributed by atoms with Crippen LogP contribution in [0.4, 0.5) is 4.39 Å². The van der Waals surface area contributed by atoms with E-state index in [-0.39, 0.29) is 23.9 Å². The van der Waals surface area contributed by atoms with Crippen LogP contribution in [0.5, 0.6) is 5.75 Å². The van der Waals surface area contributed by atoms with Gasteiger partial charge in [0, 0.05) is 37.9 Å². The van der Waals surface area contributed by atoms with Crippen molar-refractivity contribution in [2.24, 2.45) is 5.92 Å². The highest BCUT2D eigenvalue weighted by Gasteiger charge is 2.41. The summed E-state index contributed by atoms with van der Waals surface area (Å²) < 4.78 is 19.6. The molecule has 2 heterocycles. The van der Waals surface area contributed by atoms with Crippen molar-refractivity contribution in [3.8, 4) is 5.75 Å². The number of nitrogens with zero attached hydrogens (tertiary/aromatic N) is 2. The molecule has 2 unspecified atom stereocenters. The molecule has 1 N–H and O–H groups in total. The number of carbonyl (C=O) groups excluding carboxylic acids is 2. The van der Waals surface area contributed by atoms with Crippen LogP contribution >= 0.6 is 0 Å². The number of nitrogens with one attached hydrogen (secondary N) is 1. The Morgan fingerprint density at radius 2 is 1.97 bits per heavy atom. The number of methoxy groups -OCH3 is 1. The Morgan fingerprint density at radius 3 is 2.72 bits per heavy atom. The van der Waals surface area contributed by atoms with Gasteiger partial charge in [0.15, 0.2) is 0 Å². The van der Waals surface area contributed by atoms with Crippen molar-refractivity contribution in [1.82, 2.24) is 15.2 Å². The molecule has 2 atom stereocenters. The summed E-state index contributed by atoms with van der Waals surface area (Å²) >= 11 is 0. The predicted octanol–water partition coefficient (Wildman–Crippen LogP) is 3.40. The van der Waals surface area contributed by atoms with Gasteiger partial charge in [-0.15, -0.1) is 0 Å². The second-order valence-corrected chi connectivity index (χ2v) is 7.76. The Bertz CT molecular complexity index is 1110. The number of benzene rings is 2. The van der Waals surface area contributed by atoms with Crippen molar-refractivity contribution in [1.29, 1.82) is 0 Å². The Kier molecular flexibility index (Phi) is 6.44. The van der Waals surface area contributed by atoms with E-state index in [2.05, 4.69) is 10.3 Å². The lowest BCUT2D eigenvalue weighted by atomic mass is 9.88. The third kappa shape index (κ3) is 4.61. The van der Waals surface area contributed by atoms with E-state index in [1.54, 1.807) is 36.5 Å². The number of pyridine rings is 1. The highest BCUT2D eigenvalue weighted by atomic mass is 19.1. The quantitative estimate of drug-likeness (QED) is 0.647. The molecule has 2 aromatic carbocycles. The third-order valence-electron chi connectivity index (χ3n) is 5.76. The number of ether oxygens (including phenoxy) is 1. The number of likely N-dealkylation sites (tertiary alicyclic amines) is 1. The first-order valence-corrected chi connectivity index (χ1v) is 10.4. The molecular weight excluding hydrogens is 409 g/mol. The van der Waals surface area contributed by atoms with Crippen molar-refractivity contribution < 1.29 is 18.7 Å². The Balaban J connectivity index is 1.58. The minimum atomic E-state index is -0.570. The molecule has 7 heteroatoms. The largest absolute Gasteiger partial charge is 0.497 e. The van der Waals surface area contributed by atoms with Crippen LogP contribution in [0.25, 0.3) is 0 Å². The Morgan fingerprint density at radius 1 is 1.12 bits per heavy atom. The van der Waals surface area contributed by atoms with Gasteiger partial charge in [-0.25, -0.2) is 4.39 Å². The molecule has 3 aromatic rings. The van der Waals surface area contributed by atoms with Gasteiger partial charge in [-0.1, -0.05) is 30.3 Å². The topological polar surface area (TPSA) is 71.5 Å². The monoisotopic (exact) mass is 433 g/mol. The van der Waals surface area contributed by atoms with Crippen LogP contribution in [0.2, 0.25) is 0 Å². The number of aromatic nitrogens is 1. The van der Waals surface area contributed by atoms with Gasteiger partial charge in [-0.05, 0) is 41.5 Å². The van der Waals surface area contributed by atoms with Gasteiger partial charge in [0.2, 0.25) is 5.91 Å². The molecule has 32 heavy (non-hydrogen) atoms. The molecule has 0 bridgehead atoms. The fourth-order valence-electron chi connectivity index (χ4n) is 4.07. The van der Waals surface area contributed by atoms with Crippen molar-refractivity contribution in [3.05, 3.63) is 95.6 Å². The van der Waals surface area contributed by atoms with Crippen LogP contribution in [-0.2, 0) is 11.3 Å². The lowest BCUT2D eigenvalue weighted by Gasteiger charge is -2.18. The number of amides is 2. The summed E-state index contributed by atoms with van der Waals surface area (Å²) in [6, 6.07) is 17.1. The number of hydrogen-bond acceptors (Lipinski definition) is 4. The summed E-state index contributed by atoms with van der Waals surface area (Å²) in [5, 5.41) is 2.96. The molecule has 164 valence electrons. The van der Waals surface area contributed by atoms with E-state index >= 15 is 0 Å². The van der Waals surface area contributed by atoms with E-state index in [0.29, 0.717) is 18.8 Å². The van der Waals surface area contributed by atoms with Crippen LogP contribution in [-0.4, -0.2) is 41.9 Å². The van der Waals surface area contributed by atoms with Crippen molar-refractivity contribution in [2.45, 2.75) is 12.5 Å². The number of hydrogen-bond donors (Lipinski definition) is 1. The first kappa shape index (κ1) is 21.5. The van der Waals surface area contributed by atoms with E-state index in [1.807, 2.05) is 36.4 Å². The summed E-state index contributed by atoms with van der Waals surface area (Å²) in [4.78, 5) is 31.8. The van der Waals surface area contributed by atoms with Crippen LogP contribution in [0, 0.1) is 11.7 Å². The smallest absolute Gasteiger partial charge is 0.256 e. The zero-order valence-electron chi connectivity index (χ0n) is 17.7. The zero-order valence-corrected chi connectivity index (χ0v) is 17.7. The maximum Gasteiger partial charge on any atom is 0.256 e. The fourth-order valence-corrected chi connectivity index (χ4v) is 4.07. The standard InChI is InChI=1S/C25H24FN3O3/c1-32-19-8-4-7-18(12-19)21-15-29(25(31)20-9-2-3-10-23(20)26)16-22(21)24(30)28-14-17-6-5-11-27-13-17/h2-13,21-22H,14-16H2,1H3,(H,28,30). The second-order valence-electron chi connectivity index (χ2n) is 7.76. The van der Waals surface area contributed by atoms with Crippen molar-refractivity contribution >= 4 is 11.8 Å². The van der Waals surface area contributed by atoms with Gasteiger partial charge in [-0.2, -0.15) is 0 Å². The fraction of sp³-hybridized carbons (Fsp3) is 0.240. The van der Waals surface area contributed by atoms with Crippen molar-refractivity contribution in [3.63, 3.8) is 0 Å². The van der Waals surface area contributed by atoms with Crippen molar-refractivity contribution in [2.75, 3.05) is 20.2 Å². The number of rotatable bonds is 6. The van der Waals surface area contributed by atoms with Crippen LogP contribution in [0.1, 0.15) is 27.4 Å². The highest BCUT2D eigenvalue weighted by Crippen LogP contribution is 2.35. The Labute approximate surface area is 186 Å². The van der Waals surface area contributed by atoms with Gasteiger partial charge >= 0.3 is 0 Å². The second kappa shape index (κ2) is 9.60. The highest BCUT2D eigenvalue weighted by molar-refractivity contribution is 5.95. The minimum Gasteiger partial charge on any atom is -0.497 e. The van der Waals surface area contributed by atoms with E-state index in [4.69, 9.17) is 4.74 Å². The average Bonchev–Trinajstić information content (AvgIpc) is 3.29. The minimum absolute atomic E-state index is 0.00769. The maximum absolute atomic E-state index is 14.2. The molecule has 2 amide bonds. The molecule has 0 aliphatic carbocycles. The third-order valence-corrected chi connectivity index (χ3v) is 5.76. The summed E-state index contributed by atoms with van der Waals surface area (Å²) in [5.41, 5.74) is 1.79. The summed E-state index contributed by atoms with van der Waals surface area (Å²) in [5.74, 6) is -1.19. The Hall–Kier alpha value is -3.74. The number of halogens is 1. The van der Waals surface area contributed by atoms with E-state index in [9.17, 15) is 14.0 Å². The number of carbonyl (C=O) groups is 2. The lowest BCUT2D eigenvalue weighted by molar-refractivity contribution is -0.125. The van der Waals surface area contributed by atoms with E-state index in [1.165, 1.54) is 12.1 Å². The van der Waals surface area contributed by atoms with Gasteiger partial charge < -0.3 is 15.0 Å². The molecule has 0 saturated carbocycles. The van der Waals surface area contributed by atoms with E-state index < -0.39 is 17.6 Å². The zero-order chi connectivity index (χ0) is 22.5. The molecule has 6 nitrogen and oxygen atoms in total. The maximum atomic E-state index is 14.2. The van der Waals surface area contributed by atoms with E-state index in [0.717, 1.165) is 11.1 Å². The molecule has 1 aliphatic heterocycles. The molecule has 0 spiro atoms. The summed E-state index contributed by atoms with van der Waals surface area (Å²) in [6.07, 6.45) is 3.37. The van der Waals surface area contributed by atoms with Crippen LogP contribution < -0.4 is 10.1 Å². The lowest BCUT2D eigenvalue weighted by Crippen LogP contribution is -2.35. The van der Waals surface area contributed by atoms with Crippen LogP contribution in [0.15, 0.2) is 73.1 Å². The van der Waals surface area contributed by atoms with Gasteiger partial charge in [0.05, 0.1) is 18.6 Å². The molecule has 1 aromatic heterocycles. The molecule has 4 rings (SSSR count). The van der Waals surface area contributed by atoms with Gasteiger partial charge in [0.1, 0.15) is 11.6 Å². The van der Waals surface area contributed by atoms with Crippen LogP contribution in [0.3, 0.4) is 0 Å². The SMILES string of the molecule is COc1cccc(C2CN(C(=O)c3ccccc3F)CC2C(=O)NCc2cccnc2)c1. The molecular formula is C25H24FN3O3. The molecule has 0 radical (unpaired) electrons. The molecule has 1 fully saturated rings. The van der Waals surface area contributed by atoms with Gasteiger partial charge in [-0.3, -0.25) is 14.6 Å². The summed E-state index contributed by atoms with van der Waals surface area (Å²) in [7, 11) is 1.58. The average molecular weight is 433 g/mol. The first-order chi connectivity index (χ1) is 15.6.